The van der Waals surface area contributed by atoms with Crippen LogP contribution in [0.25, 0.3) is 22.4 Å². The number of aromatic nitrogens is 1. The number of benzene rings is 3. The summed E-state index contributed by atoms with van der Waals surface area (Å²) in [5, 5.41) is 18.7. The van der Waals surface area contributed by atoms with Crippen LogP contribution in [0.1, 0.15) is 5.56 Å². The second kappa shape index (κ2) is 8.64. The molecule has 0 aliphatic rings. The van der Waals surface area contributed by atoms with Gasteiger partial charge in [0.05, 0.1) is 11.1 Å². The van der Waals surface area contributed by atoms with Gasteiger partial charge in [0.25, 0.3) is 5.69 Å². The molecule has 9 heteroatoms. The van der Waals surface area contributed by atoms with E-state index in [-0.39, 0.29) is 17.2 Å². The summed E-state index contributed by atoms with van der Waals surface area (Å²) >= 11 is 1.26. The number of para-hydroxylation sites is 3. The number of nitrogens with zero attached hydrogens (tertiary/aromatic N) is 4. The molecule has 2 aromatic heterocycles. The molecule has 33 heavy (non-hydrogen) atoms. The van der Waals surface area contributed by atoms with E-state index in [1.807, 2.05) is 35.7 Å². The minimum absolute atomic E-state index is 0.114. The van der Waals surface area contributed by atoms with Crippen LogP contribution in [0.4, 0.5) is 15.8 Å². The molecule has 0 saturated heterocycles. The van der Waals surface area contributed by atoms with Crippen molar-refractivity contribution in [1.82, 2.24) is 4.68 Å². The van der Waals surface area contributed by atoms with Crippen LogP contribution in [0, 0.1) is 15.9 Å². The number of fused-ring (bicyclic) bond motifs is 1. The number of furan rings is 1. The Hall–Kier alpha value is -4.37. The lowest BCUT2D eigenvalue weighted by Gasteiger charge is -2.01. The summed E-state index contributed by atoms with van der Waals surface area (Å²) < 4.78 is 21.1. The summed E-state index contributed by atoms with van der Waals surface area (Å²) in [6.07, 6.45) is 1.50. The fourth-order valence-corrected chi connectivity index (χ4v) is 4.12. The lowest BCUT2D eigenvalue weighted by molar-refractivity contribution is -0.384. The molecule has 2 heterocycles. The van der Waals surface area contributed by atoms with E-state index in [0.29, 0.717) is 21.8 Å². The molecular weight excluding hydrogens is 443 g/mol. The van der Waals surface area contributed by atoms with Gasteiger partial charge in [0.15, 0.2) is 5.76 Å². The number of hydrogen-bond donors (Lipinski definition) is 0. The molecule has 5 aromatic rings. The summed E-state index contributed by atoms with van der Waals surface area (Å²) in [4.78, 5) is 15.8. The molecule has 5 rings (SSSR count). The van der Waals surface area contributed by atoms with Gasteiger partial charge >= 0.3 is 0 Å². The maximum absolute atomic E-state index is 13.6. The number of rotatable bonds is 5. The van der Waals surface area contributed by atoms with Crippen LogP contribution in [0.15, 0.2) is 98.8 Å². The number of hydrogen-bond acceptors (Lipinski definition) is 6. The Kier molecular flexibility index (Phi) is 5.37. The van der Waals surface area contributed by atoms with Gasteiger partial charge in [-0.2, -0.15) is 5.10 Å². The van der Waals surface area contributed by atoms with Gasteiger partial charge in [-0.15, -0.1) is 11.3 Å². The molecule has 0 saturated carbocycles. The largest absolute Gasteiger partial charge is 0.454 e. The molecule has 0 fully saturated rings. The van der Waals surface area contributed by atoms with Crippen molar-refractivity contribution in [1.29, 1.82) is 0 Å². The zero-order valence-electron chi connectivity index (χ0n) is 17.0. The SMILES string of the molecule is O=[N+]([O-])c1ccccc1N=c1scc(-c2cc3ccccc3o2)n1N=Cc1cccc(F)c1. The van der Waals surface area contributed by atoms with Crippen LogP contribution < -0.4 is 4.80 Å². The van der Waals surface area contributed by atoms with Crippen LogP contribution in [0.2, 0.25) is 0 Å². The predicted molar refractivity (Wildman–Crippen MR) is 125 cm³/mol. The zero-order chi connectivity index (χ0) is 22.8. The maximum atomic E-state index is 13.6. The summed E-state index contributed by atoms with van der Waals surface area (Å²) in [6.45, 7) is 0. The van der Waals surface area contributed by atoms with Crippen molar-refractivity contribution in [3.05, 3.63) is 111 Å². The Morgan fingerprint density at radius 2 is 1.85 bits per heavy atom. The van der Waals surface area contributed by atoms with E-state index in [2.05, 4.69) is 10.1 Å². The second-order valence-corrected chi connectivity index (χ2v) is 7.86. The quantitative estimate of drug-likeness (QED) is 0.180. The van der Waals surface area contributed by atoms with E-state index in [4.69, 9.17) is 4.42 Å². The molecule has 7 nitrogen and oxygen atoms in total. The third kappa shape index (κ3) is 4.21. The topological polar surface area (TPSA) is 85.9 Å². The molecule has 0 N–H and O–H groups in total. The molecule has 162 valence electrons. The molecule has 0 radical (unpaired) electrons. The molecule has 0 amide bonds. The number of nitro groups is 1. The minimum Gasteiger partial charge on any atom is -0.454 e. The van der Waals surface area contributed by atoms with Crippen LogP contribution in [-0.4, -0.2) is 15.8 Å². The number of halogens is 1. The van der Waals surface area contributed by atoms with Gasteiger partial charge in [0.2, 0.25) is 4.80 Å². The highest BCUT2D eigenvalue weighted by atomic mass is 32.1. The third-order valence-corrected chi connectivity index (χ3v) is 5.64. The highest BCUT2D eigenvalue weighted by molar-refractivity contribution is 7.07. The van der Waals surface area contributed by atoms with E-state index in [9.17, 15) is 14.5 Å². The van der Waals surface area contributed by atoms with Crippen LogP contribution in [0.5, 0.6) is 0 Å². The van der Waals surface area contributed by atoms with Crippen LogP contribution in [0.3, 0.4) is 0 Å². The van der Waals surface area contributed by atoms with Crippen molar-refractivity contribution in [2.45, 2.75) is 0 Å². The first-order chi connectivity index (χ1) is 16.1. The van der Waals surface area contributed by atoms with Crippen LogP contribution >= 0.6 is 11.3 Å². The van der Waals surface area contributed by atoms with E-state index >= 15 is 0 Å². The van der Waals surface area contributed by atoms with Crippen molar-refractivity contribution < 1.29 is 13.7 Å². The van der Waals surface area contributed by atoms with Gasteiger partial charge in [-0.3, -0.25) is 10.1 Å². The Morgan fingerprint density at radius 3 is 2.67 bits per heavy atom. The Balaban J connectivity index is 1.69. The van der Waals surface area contributed by atoms with Crippen LogP contribution in [-0.2, 0) is 0 Å². The van der Waals surface area contributed by atoms with Crippen molar-refractivity contribution in [2.24, 2.45) is 10.1 Å². The second-order valence-electron chi connectivity index (χ2n) is 7.02. The molecular formula is C24H15FN4O3S. The first kappa shape index (κ1) is 20.5. The molecule has 0 aliphatic carbocycles. The molecule has 0 spiro atoms. The van der Waals surface area contributed by atoms with Crippen molar-refractivity contribution >= 4 is 39.9 Å². The monoisotopic (exact) mass is 458 g/mol. The zero-order valence-corrected chi connectivity index (χ0v) is 17.8. The fourth-order valence-electron chi connectivity index (χ4n) is 3.29. The van der Waals surface area contributed by atoms with Gasteiger partial charge in [-0.05, 0) is 35.9 Å². The smallest absolute Gasteiger partial charge is 0.294 e. The number of thiazole rings is 1. The van der Waals surface area contributed by atoms with Gasteiger partial charge in [-0.25, -0.2) is 14.1 Å². The Morgan fingerprint density at radius 1 is 1.03 bits per heavy atom. The molecule has 0 atom stereocenters. The van der Waals surface area contributed by atoms with Crippen molar-refractivity contribution in [3.63, 3.8) is 0 Å². The van der Waals surface area contributed by atoms with Gasteiger partial charge in [0.1, 0.15) is 22.8 Å². The lowest BCUT2D eigenvalue weighted by atomic mass is 10.2. The normalized spacial score (nSPS) is 12.1. The highest BCUT2D eigenvalue weighted by Crippen LogP contribution is 2.29. The molecule has 0 bridgehead atoms. The molecule has 0 aliphatic heterocycles. The van der Waals surface area contributed by atoms with Gasteiger partial charge in [-0.1, -0.05) is 42.5 Å². The summed E-state index contributed by atoms with van der Waals surface area (Å²) in [5.41, 5.74) is 1.98. The number of nitro benzene ring substituents is 1. The fraction of sp³-hybridized carbons (Fsp3) is 0. The maximum Gasteiger partial charge on any atom is 0.294 e. The average molecular weight is 458 g/mol. The van der Waals surface area contributed by atoms with E-state index in [1.54, 1.807) is 30.3 Å². The van der Waals surface area contributed by atoms with Crippen molar-refractivity contribution in [2.75, 3.05) is 0 Å². The van der Waals surface area contributed by atoms with Gasteiger partial charge < -0.3 is 4.42 Å². The first-order valence-electron chi connectivity index (χ1n) is 9.86. The predicted octanol–water partition coefficient (Wildman–Crippen LogP) is 6.12. The summed E-state index contributed by atoms with van der Waals surface area (Å²) in [7, 11) is 0. The third-order valence-electron chi connectivity index (χ3n) is 4.83. The van der Waals surface area contributed by atoms with E-state index in [0.717, 1.165) is 11.0 Å². The molecule has 0 unspecified atom stereocenters. The Labute approximate surface area is 190 Å². The summed E-state index contributed by atoms with van der Waals surface area (Å²) in [6, 6.07) is 21.7. The Bertz CT molecular complexity index is 1550. The first-order valence-corrected chi connectivity index (χ1v) is 10.7. The lowest BCUT2D eigenvalue weighted by Crippen LogP contribution is -2.11. The minimum atomic E-state index is -0.479. The molecule has 3 aromatic carbocycles. The van der Waals surface area contributed by atoms with E-state index < -0.39 is 4.92 Å². The van der Waals surface area contributed by atoms with Crippen molar-refractivity contribution in [3.8, 4) is 11.5 Å². The summed E-state index contributed by atoms with van der Waals surface area (Å²) in [5.74, 6) is 0.185. The average Bonchev–Trinajstić information content (AvgIpc) is 3.41. The highest BCUT2D eigenvalue weighted by Gasteiger charge is 2.15. The van der Waals surface area contributed by atoms with Gasteiger partial charge in [0, 0.05) is 16.8 Å². The van der Waals surface area contributed by atoms with E-state index in [1.165, 1.54) is 40.4 Å². The standard InChI is InChI=1S/C24H15FN4O3S/c25-18-8-5-6-16(12-18)14-26-28-21(23-13-17-7-1-4-11-22(17)32-23)15-33-24(28)27-19-9-2-3-10-20(19)29(30)31/h1-15H.